The van der Waals surface area contributed by atoms with E-state index in [0.29, 0.717) is 0 Å². The molecule has 9 nitrogen and oxygen atoms in total. The highest BCUT2D eigenvalue weighted by atomic mass is 16.6. The number of rotatable bonds is 5. The Morgan fingerprint density at radius 2 is 1.95 bits per heavy atom. The standard InChI is InChI=1S/C10H10N2O7/c1-18-9(14)7-3-6(12(16)17)4-11(7)5-8(13)10(15)19-2/h3-4H,5H2,1-2H3. The minimum Gasteiger partial charge on any atom is -0.464 e. The zero-order valence-corrected chi connectivity index (χ0v) is 10.1. The molecule has 1 rings (SSSR count). The number of hydrogen-bond donors (Lipinski definition) is 0. The Hall–Kier alpha value is -2.71. The summed E-state index contributed by atoms with van der Waals surface area (Å²) in [5.41, 5.74) is -0.593. The number of methoxy groups -OCH3 is 2. The number of ether oxygens (including phenoxy) is 2. The molecule has 9 heteroatoms. The van der Waals surface area contributed by atoms with Crippen molar-refractivity contribution in [3.05, 3.63) is 28.1 Å². The van der Waals surface area contributed by atoms with Gasteiger partial charge in [0.2, 0.25) is 0 Å². The summed E-state index contributed by atoms with van der Waals surface area (Å²) in [5, 5.41) is 10.6. The van der Waals surface area contributed by atoms with E-state index in [4.69, 9.17) is 0 Å². The van der Waals surface area contributed by atoms with Crippen LogP contribution in [0.5, 0.6) is 0 Å². The van der Waals surface area contributed by atoms with E-state index in [1.165, 1.54) is 0 Å². The third kappa shape index (κ3) is 3.15. The smallest absolute Gasteiger partial charge is 0.376 e. The summed E-state index contributed by atoms with van der Waals surface area (Å²) in [6, 6.07) is 0.955. The van der Waals surface area contributed by atoms with Crippen LogP contribution in [0.2, 0.25) is 0 Å². The molecule has 19 heavy (non-hydrogen) atoms. The number of carbonyl (C=O) groups is 3. The summed E-state index contributed by atoms with van der Waals surface area (Å²) in [5.74, 6) is -2.91. The van der Waals surface area contributed by atoms with Crippen LogP contribution in [0.4, 0.5) is 5.69 Å². The second kappa shape index (κ2) is 5.76. The Morgan fingerprint density at radius 1 is 1.32 bits per heavy atom. The first-order valence-electron chi connectivity index (χ1n) is 4.94. The minimum absolute atomic E-state index is 0.202. The number of carbonyl (C=O) groups excluding carboxylic acids is 3. The molecule has 0 bridgehead atoms. The Bertz CT molecular complexity index is 546. The lowest BCUT2D eigenvalue weighted by atomic mass is 10.3. The molecule has 0 aromatic carbocycles. The predicted octanol–water partition coefficient (Wildman–Crippen LogP) is -0.0750. The van der Waals surface area contributed by atoms with Gasteiger partial charge in [-0.05, 0) is 0 Å². The fourth-order valence-corrected chi connectivity index (χ4v) is 1.33. The molecule has 102 valence electrons. The van der Waals surface area contributed by atoms with Crippen molar-refractivity contribution in [2.45, 2.75) is 6.54 Å². The van der Waals surface area contributed by atoms with Crippen LogP contribution in [0, 0.1) is 10.1 Å². The molecule has 0 aliphatic heterocycles. The predicted molar refractivity (Wildman–Crippen MR) is 59.4 cm³/mol. The SMILES string of the molecule is COC(=O)C(=O)Cn1cc([N+](=O)[O-])cc1C(=O)OC. The molecular weight excluding hydrogens is 260 g/mol. The summed E-state index contributed by atoms with van der Waals surface area (Å²) in [7, 11) is 2.12. The number of Topliss-reactive ketones (excluding diaryl/α,β-unsaturated/α-hetero) is 1. The Kier molecular flexibility index (Phi) is 4.35. The third-order valence-electron chi connectivity index (χ3n) is 2.21. The van der Waals surface area contributed by atoms with Gasteiger partial charge >= 0.3 is 11.9 Å². The van der Waals surface area contributed by atoms with Crippen molar-refractivity contribution in [1.82, 2.24) is 4.57 Å². The molecule has 1 aromatic rings. The molecule has 0 atom stereocenters. The van der Waals surface area contributed by atoms with Crippen LogP contribution < -0.4 is 0 Å². The van der Waals surface area contributed by atoms with Gasteiger partial charge in [-0.1, -0.05) is 0 Å². The number of ketones is 1. The average molecular weight is 270 g/mol. The van der Waals surface area contributed by atoms with Gasteiger partial charge in [0.1, 0.15) is 5.69 Å². The summed E-state index contributed by atoms with van der Waals surface area (Å²) in [6.45, 7) is -0.551. The van der Waals surface area contributed by atoms with E-state index in [0.717, 1.165) is 31.0 Å². The Labute approximate surface area is 106 Å². The average Bonchev–Trinajstić information content (AvgIpc) is 2.80. The van der Waals surface area contributed by atoms with Gasteiger partial charge in [0, 0.05) is 6.07 Å². The Morgan fingerprint density at radius 3 is 2.42 bits per heavy atom. The fraction of sp³-hybridized carbons (Fsp3) is 0.300. The van der Waals surface area contributed by atoms with Gasteiger partial charge in [-0.3, -0.25) is 14.9 Å². The van der Waals surface area contributed by atoms with E-state index in [1.54, 1.807) is 0 Å². The highest BCUT2D eigenvalue weighted by Gasteiger charge is 2.23. The largest absolute Gasteiger partial charge is 0.464 e. The van der Waals surface area contributed by atoms with Crippen LogP contribution in [-0.4, -0.2) is 41.4 Å². The maximum atomic E-state index is 11.4. The quantitative estimate of drug-likeness (QED) is 0.318. The highest BCUT2D eigenvalue weighted by Crippen LogP contribution is 2.17. The first kappa shape index (κ1) is 14.4. The molecular formula is C10H10N2O7. The van der Waals surface area contributed by atoms with Crippen molar-refractivity contribution in [2.75, 3.05) is 14.2 Å². The molecule has 0 spiro atoms. The van der Waals surface area contributed by atoms with Crippen molar-refractivity contribution >= 4 is 23.4 Å². The lowest BCUT2D eigenvalue weighted by Gasteiger charge is -2.04. The second-order valence-corrected chi connectivity index (χ2v) is 3.37. The van der Waals surface area contributed by atoms with Gasteiger partial charge in [0.05, 0.1) is 31.9 Å². The summed E-state index contributed by atoms with van der Waals surface area (Å²) >= 11 is 0. The van der Waals surface area contributed by atoms with Crippen LogP contribution in [-0.2, 0) is 25.6 Å². The van der Waals surface area contributed by atoms with Crippen LogP contribution in [0.1, 0.15) is 10.5 Å². The van der Waals surface area contributed by atoms with Gasteiger partial charge in [-0.15, -0.1) is 0 Å². The number of nitro groups is 1. The summed E-state index contributed by atoms with van der Waals surface area (Å²) in [4.78, 5) is 43.6. The normalized spacial score (nSPS) is 9.79. The van der Waals surface area contributed by atoms with E-state index in [-0.39, 0.29) is 5.69 Å². The molecule has 0 saturated carbocycles. The van der Waals surface area contributed by atoms with Crippen molar-refractivity contribution < 1.29 is 28.8 Å². The van der Waals surface area contributed by atoms with Gasteiger partial charge in [0.15, 0.2) is 0 Å². The van der Waals surface area contributed by atoms with Gasteiger partial charge in [-0.25, -0.2) is 9.59 Å². The molecule has 1 heterocycles. The lowest BCUT2D eigenvalue weighted by Crippen LogP contribution is -2.23. The zero-order chi connectivity index (χ0) is 14.6. The number of hydrogen-bond acceptors (Lipinski definition) is 7. The van der Waals surface area contributed by atoms with Gasteiger partial charge in [-0.2, -0.15) is 0 Å². The number of aromatic nitrogens is 1. The topological polar surface area (TPSA) is 118 Å². The zero-order valence-electron chi connectivity index (χ0n) is 10.1. The molecule has 0 radical (unpaired) electrons. The fourth-order valence-electron chi connectivity index (χ4n) is 1.33. The summed E-state index contributed by atoms with van der Waals surface area (Å²) in [6.07, 6.45) is 0.965. The van der Waals surface area contributed by atoms with E-state index < -0.39 is 34.9 Å². The maximum Gasteiger partial charge on any atom is 0.376 e. The monoisotopic (exact) mass is 270 g/mol. The van der Waals surface area contributed by atoms with E-state index in [2.05, 4.69) is 9.47 Å². The molecule has 0 N–H and O–H groups in total. The van der Waals surface area contributed by atoms with Crippen LogP contribution in [0.15, 0.2) is 12.3 Å². The molecule has 0 aliphatic rings. The maximum absolute atomic E-state index is 11.4. The van der Waals surface area contributed by atoms with Gasteiger partial charge in [0.25, 0.3) is 11.5 Å². The minimum atomic E-state index is -1.10. The van der Waals surface area contributed by atoms with Crippen molar-refractivity contribution in [3.63, 3.8) is 0 Å². The molecule has 0 amide bonds. The summed E-state index contributed by atoms with van der Waals surface area (Å²) < 4.78 is 9.60. The number of esters is 2. The highest BCUT2D eigenvalue weighted by molar-refractivity contribution is 6.33. The van der Waals surface area contributed by atoms with Crippen LogP contribution >= 0.6 is 0 Å². The molecule has 0 saturated heterocycles. The van der Waals surface area contributed by atoms with Crippen LogP contribution in [0.3, 0.4) is 0 Å². The van der Waals surface area contributed by atoms with E-state index >= 15 is 0 Å². The van der Waals surface area contributed by atoms with E-state index in [9.17, 15) is 24.5 Å². The molecule has 1 aromatic heterocycles. The first-order valence-corrected chi connectivity index (χ1v) is 4.94. The third-order valence-corrected chi connectivity index (χ3v) is 2.21. The van der Waals surface area contributed by atoms with Crippen molar-refractivity contribution in [1.29, 1.82) is 0 Å². The molecule has 0 unspecified atom stereocenters. The van der Waals surface area contributed by atoms with Crippen molar-refractivity contribution in [2.24, 2.45) is 0 Å². The molecule has 0 fully saturated rings. The Balaban J connectivity index is 3.11. The van der Waals surface area contributed by atoms with Crippen molar-refractivity contribution in [3.8, 4) is 0 Å². The lowest BCUT2D eigenvalue weighted by molar-refractivity contribution is -0.384. The van der Waals surface area contributed by atoms with Crippen LogP contribution in [0.25, 0.3) is 0 Å². The van der Waals surface area contributed by atoms with Gasteiger partial charge < -0.3 is 14.0 Å². The molecule has 0 aliphatic carbocycles. The number of nitrogens with zero attached hydrogens (tertiary/aromatic N) is 2. The first-order chi connectivity index (χ1) is 8.90. The van der Waals surface area contributed by atoms with E-state index in [1.807, 2.05) is 0 Å². The second-order valence-electron chi connectivity index (χ2n) is 3.37.